The van der Waals surface area contributed by atoms with Crippen molar-refractivity contribution in [1.82, 2.24) is 25.4 Å². The van der Waals surface area contributed by atoms with E-state index < -0.39 is 11.6 Å². The maximum absolute atomic E-state index is 13.7. The van der Waals surface area contributed by atoms with Crippen LogP contribution in [-0.4, -0.2) is 49.9 Å². The van der Waals surface area contributed by atoms with E-state index in [-0.39, 0.29) is 18.3 Å². The Balaban J connectivity index is 1.60. The lowest BCUT2D eigenvalue weighted by Crippen LogP contribution is -2.40. The largest absolute Gasteiger partial charge is 0.325 e. The van der Waals surface area contributed by atoms with Gasteiger partial charge in [-0.05, 0) is 26.0 Å². The molecule has 2 aromatic rings. The minimum atomic E-state index is -0.871. The number of benzene rings is 1. The van der Waals surface area contributed by atoms with Crippen LogP contribution in [0.5, 0.6) is 0 Å². The van der Waals surface area contributed by atoms with E-state index in [9.17, 15) is 14.0 Å². The summed E-state index contributed by atoms with van der Waals surface area (Å²) in [6, 6.07) is 5.88. The molecule has 0 spiro atoms. The molecule has 1 saturated heterocycles. The van der Waals surface area contributed by atoms with E-state index in [1.165, 1.54) is 22.7 Å². The van der Waals surface area contributed by atoms with Crippen molar-refractivity contribution >= 4 is 23.7 Å². The second-order valence-electron chi connectivity index (χ2n) is 5.81. The highest BCUT2D eigenvalue weighted by Gasteiger charge is 2.43. The Hall–Kier alpha value is -2.42. The number of hydrogen-bond acceptors (Lipinski definition) is 5. The quantitative estimate of drug-likeness (QED) is 0.637. The lowest BCUT2D eigenvalue weighted by atomic mass is 10.1. The van der Waals surface area contributed by atoms with Crippen LogP contribution in [0.1, 0.15) is 13.8 Å². The zero-order chi connectivity index (χ0) is 17.3. The number of rotatable bonds is 5. The molecule has 2 heterocycles. The maximum Gasteiger partial charge on any atom is 0.325 e. The lowest BCUT2D eigenvalue weighted by Gasteiger charge is -2.15. The molecule has 0 atom stereocenters. The van der Waals surface area contributed by atoms with Gasteiger partial charge in [-0.25, -0.2) is 14.2 Å². The summed E-state index contributed by atoms with van der Waals surface area (Å²) in [6.07, 6.45) is 0. The summed E-state index contributed by atoms with van der Waals surface area (Å²) >= 11 is 1.28. The molecule has 1 aliphatic rings. The van der Waals surface area contributed by atoms with E-state index in [4.69, 9.17) is 0 Å². The first-order valence-corrected chi connectivity index (χ1v) is 8.31. The van der Waals surface area contributed by atoms with E-state index in [1.54, 1.807) is 32.0 Å². The van der Waals surface area contributed by atoms with Crippen molar-refractivity contribution in [2.24, 2.45) is 0 Å². The molecule has 3 amide bonds. The van der Waals surface area contributed by atoms with Crippen LogP contribution in [0.3, 0.4) is 0 Å². The van der Waals surface area contributed by atoms with Crippen molar-refractivity contribution in [3.63, 3.8) is 0 Å². The third kappa shape index (κ3) is 3.12. The summed E-state index contributed by atoms with van der Waals surface area (Å²) in [6.45, 7) is 3.58. The molecule has 9 heteroatoms. The molecule has 0 radical (unpaired) electrons. The average Bonchev–Trinajstić information content (AvgIpc) is 3.06. The number of hydrogen-bond donors (Lipinski definition) is 2. The highest BCUT2D eigenvalue weighted by atomic mass is 32.2. The van der Waals surface area contributed by atoms with Crippen LogP contribution in [-0.2, 0) is 4.79 Å². The molecular formula is C15H16FN5O2S. The summed E-state index contributed by atoms with van der Waals surface area (Å²) in [7, 11) is 0. The molecule has 1 aromatic carbocycles. The number of halogens is 1. The Morgan fingerprint density at radius 1 is 1.29 bits per heavy atom. The third-order valence-corrected chi connectivity index (χ3v) is 4.41. The lowest BCUT2D eigenvalue weighted by molar-refractivity contribution is -0.130. The first kappa shape index (κ1) is 16.4. The number of aromatic nitrogens is 3. The smallest absolute Gasteiger partial charge is 0.324 e. The minimum absolute atomic E-state index is 0.252. The molecule has 1 aliphatic heterocycles. The number of aromatic amines is 1. The van der Waals surface area contributed by atoms with E-state index in [0.29, 0.717) is 22.3 Å². The van der Waals surface area contributed by atoms with Crippen molar-refractivity contribution < 1.29 is 14.0 Å². The van der Waals surface area contributed by atoms with Gasteiger partial charge in [-0.1, -0.05) is 23.9 Å². The summed E-state index contributed by atoms with van der Waals surface area (Å²) < 4.78 is 13.7. The van der Waals surface area contributed by atoms with Crippen LogP contribution in [0.25, 0.3) is 11.4 Å². The molecule has 0 aliphatic carbocycles. The number of urea groups is 1. The summed E-state index contributed by atoms with van der Waals surface area (Å²) in [5.41, 5.74) is -0.530. The van der Waals surface area contributed by atoms with E-state index in [2.05, 4.69) is 20.5 Å². The predicted molar refractivity (Wildman–Crippen MR) is 86.8 cm³/mol. The monoisotopic (exact) mass is 349 g/mol. The second-order valence-corrected chi connectivity index (χ2v) is 6.87. The molecule has 2 N–H and O–H groups in total. The predicted octanol–water partition coefficient (Wildman–Crippen LogP) is 2.03. The number of thioether (sulfide) groups is 1. The second kappa shape index (κ2) is 6.23. The van der Waals surface area contributed by atoms with Gasteiger partial charge in [-0.3, -0.25) is 14.8 Å². The number of imide groups is 1. The molecule has 126 valence electrons. The van der Waals surface area contributed by atoms with Gasteiger partial charge in [0.2, 0.25) is 5.16 Å². The SMILES string of the molecule is CC1(C)NC(=O)N(CCSc2n[nH]c(-c3ccccc3F)n2)C1=O. The van der Waals surface area contributed by atoms with Crippen LogP contribution < -0.4 is 5.32 Å². The summed E-state index contributed by atoms with van der Waals surface area (Å²) in [5, 5.41) is 9.76. The van der Waals surface area contributed by atoms with Gasteiger partial charge in [0.05, 0.1) is 5.56 Å². The number of amides is 3. The van der Waals surface area contributed by atoms with Crippen LogP contribution in [0.2, 0.25) is 0 Å². The van der Waals surface area contributed by atoms with E-state index in [0.717, 1.165) is 0 Å². The molecule has 24 heavy (non-hydrogen) atoms. The van der Waals surface area contributed by atoms with Crippen molar-refractivity contribution in [3.8, 4) is 11.4 Å². The molecule has 1 fully saturated rings. The molecule has 7 nitrogen and oxygen atoms in total. The van der Waals surface area contributed by atoms with Crippen LogP contribution >= 0.6 is 11.8 Å². The first-order chi connectivity index (χ1) is 11.4. The molecule has 0 bridgehead atoms. The standard InChI is InChI=1S/C15H16FN5O2S/c1-15(2)12(22)21(14(23)18-15)7-8-24-13-17-11(19-20-13)9-5-3-4-6-10(9)16/h3-6H,7-8H2,1-2H3,(H,18,23)(H,17,19,20). The zero-order valence-corrected chi connectivity index (χ0v) is 14.0. The van der Waals surface area contributed by atoms with Crippen LogP contribution in [0.15, 0.2) is 29.4 Å². The van der Waals surface area contributed by atoms with Gasteiger partial charge in [0.1, 0.15) is 11.4 Å². The number of carbonyl (C=O) groups is 2. The fourth-order valence-corrected chi connectivity index (χ4v) is 3.06. The average molecular weight is 349 g/mol. The van der Waals surface area contributed by atoms with Crippen molar-refractivity contribution in [2.75, 3.05) is 12.3 Å². The van der Waals surface area contributed by atoms with Gasteiger partial charge in [0.25, 0.3) is 5.91 Å². The highest BCUT2D eigenvalue weighted by molar-refractivity contribution is 7.99. The Kier molecular flexibility index (Phi) is 4.27. The normalized spacial score (nSPS) is 16.5. The van der Waals surface area contributed by atoms with E-state index >= 15 is 0 Å². The number of H-pyrrole nitrogens is 1. The van der Waals surface area contributed by atoms with E-state index in [1.807, 2.05) is 0 Å². The minimum Gasteiger partial charge on any atom is -0.324 e. The van der Waals surface area contributed by atoms with Gasteiger partial charge in [-0.15, -0.1) is 5.10 Å². The van der Waals surface area contributed by atoms with Crippen molar-refractivity contribution in [3.05, 3.63) is 30.1 Å². The molecule has 0 saturated carbocycles. The Labute approximate surface area is 142 Å². The Morgan fingerprint density at radius 2 is 2.04 bits per heavy atom. The molecule has 1 aromatic heterocycles. The van der Waals surface area contributed by atoms with Gasteiger partial charge >= 0.3 is 6.03 Å². The van der Waals surface area contributed by atoms with Gasteiger partial charge < -0.3 is 5.32 Å². The zero-order valence-electron chi connectivity index (χ0n) is 13.2. The third-order valence-electron chi connectivity index (χ3n) is 3.58. The van der Waals surface area contributed by atoms with Crippen molar-refractivity contribution in [2.45, 2.75) is 24.5 Å². The number of carbonyl (C=O) groups excluding carboxylic acids is 2. The Bertz CT molecular complexity index is 792. The molecule has 0 unspecified atom stereocenters. The van der Waals surface area contributed by atoms with Crippen molar-refractivity contribution in [1.29, 1.82) is 0 Å². The summed E-state index contributed by atoms with van der Waals surface area (Å²) in [4.78, 5) is 29.2. The fraction of sp³-hybridized carbons (Fsp3) is 0.333. The van der Waals surface area contributed by atoms with Gasteiger partial charge in [0.15, 0.2) is 5.82 Å². The van der Waals surface area contributed by atoms with Crippen LogP contribution in [0.4, 0.5) is 9.18 Å². The topological polar surface area (TPSA) is 91.0 Å². The fourth-order valence-electron chi connectivity index (χ4n) is 2.33. The first-order valence-electron chi connectivity index (χ1n) is 7.33. The van der Waals surface area contributed by atoms with Gasteiger partial charge in [0, 0.05) is 12.3 Å². The van der Waals surface area contributed by atoms with Crippen LogP contribution in [0, 0.1) is 5.82 Å². The van der Waals surface area contributed by atoms with Gasteiger partial charge in [-0.2, -0.15) is 0 Å². The molecular weight excluding hydrogens is 333 g/mol. The maximum atomic E-state index is 13.7. The highest BCUT2D eigenvalue weighted by Crippen LogP contribution is 2.22. The number of nitrogens with zero attached hydrogens (tertiary/aromatic N) is 3. The summed E-state index contributed by atoms with van der Waals surface area (Å²) in [5.74, 6) is 0.151. The molecule has 3 rings (SSSR count). The number of nitrogens with one attached hydrogen (secondary N) is 2. The Morgan fingerprint density at radius 3 is 2.71 bits per heavy atom.